The van der Waals surface area contributed by atoms with Gasteiger partial charge in [0.25, 0.3) is 11.6 Å². The molecule has 1 fully saturated rings. The fourth-order valence-electron chi connectivity index (χ4n) is 2.33. The largest absolute Gasteiger partial charge is 0.334 e. The van der Waals surface area contributed by atoms with E-state index in [0.29, 0.717) is 17.5 Å². The summed E-state index contributed by atoms with van der Waals surface area (Å²) >= 11 is 1.80. The maximum atomic E-state index is 12.7. The summed E-state index contributed by atoms with van der Waals surface area (Å²) in [6, 6.07) is 4.24. The zero-order chi connectivity index (χ0) is 15.6. The highest BCUT2D eigenvalue weighted by Gasteiger charge is 2.32. The Balaban J connectivity index is 2.39. The zero-order valence-corrected chi connectivity index (χ0v) is 12.7. The maximum absolute atomic E-state index is 12.7. The summed E-state index contributed by atoms with van der Waals surface area (Å²) < 4.78 is 0. The van der Waals surface area contributed by atoms with E-state index in [1.165, 1.54) is 18.2 Å². The number of hydrogen-bond acceptors (Lipinski definition) is 6. The van der Waals surface area contributed by atoms with Gasteiger partial charge in [0.2, 0.25) is 0 Å². The summed E-state index contributed by atoms with van der Waals surface area (Å²) in [7, 11) is 0. The van der Waals surface area contributed by atoms with Gasteiger partial charge in [-0.3, -0.25) is 20.8 Å². The molecule has 2 rings (SSSR count). The first-order chi connectivity index (χ1) is 9.95. The average Bonchev–Trinajstić information content (AvgIpc) is 2.48. The van der Waals surface area contributed by atoms with Gasteiger partial charge in [0.15, 0.2) is 0 Å². The number of nitrogens with zero attached hydrogens (tertiary/aromatic N) is 2. The molecule has 0 saturated carbocycles. The molecule has 1 aliphatic heterocycles. The summed E-state index contributed by atoms with van der Waals surface area (Å²) in [4.78, 5) is 25.0. The van der Waals surface area contributed by atoms with Crippen molar-refractivity contribution in [3.8, 4) is 0 Å². The molecule has 2 atom stereocenters. The predicted octanol–water partition coefficient (Wildman–Crippen LogP) is 1.85. The molecule has 1 amide bonds. The second-order valence-corrected chi connectivity index (χ2v) is 6.43. The van der Waals surface area contributed by atoms with Gasteiger partial charge in [-0.1, -0.05) is 6.92 Å². The van der Waals surface area contributed by atoms with Crippen molar-refractivity contribution in [1.29, 1.82) is 0 Å². The second-order valence-electron chi connectivity index (χ2n) is 4.95. The molecule has 114 valence electrons. The molecular formula is C13H18N4O3S. The maximum Gasteiger partial charge on any atom is 0.282 e. The Hall–Kier alpha value is -1.80. The van der Waals surface area contributed by atoms with Crippen LogP contribution in [0.3, 0.4) is 0 Å². The van der Waals surface area contributed by atoms with Crippen LogP contribution in [0.1, 0.15) is 24.2 Å². The molecule has 0 spiro atoms. The quantitative estimate of drug-likeness (QED) is 0.502. The van der Waals surface area contributed by atoms with Crippen molar-refractivity contribution in [2.75, 3.05) is 17.7 Å². The molecule has 1 aromatic carbocycles. The van der Waals surface area contributed by atoms with Crippen molar-refractivity contribution in [3.63, 3.8) is 0 Å². The number of hydrogen-bond donors (Lipinski definition) is 2. The van der Waals surface area contributed by atoms with Gasteiger partial charge in [-0.2, -0.15) is 11.8 Å². The number of nitro groups is 1. The molecule has 1 aromatic rings. The van der Waals surface area contributed by atoms with E-state index >= 15 is 0 Å². The third-order valence-electron chi connectivity index (χ3n) is 3.74. The van der Waals surface area contributed by atoms with Crippen LogP contribution in [0.15, 0.2) is 18.2 Å². The van der Waals surface area contributed by atoms with Crippen LogP contribution in [0.5, 0.6) is 0 Å². The lowest BCUT2D eigenvalue weighted by atomic mass is 10.1. The minimum Gasteiger partial charge on any atom is -0.334 e. The summed E-state index contributed by atoms with van der Waals surface area (Å²) in [5, 5.41) is 11.4. The molecule has 0 aromatic heterocycles. The monoisotopic (exact) mass is 310 g/mol. The van der Waals surface area contributed by atoms with Crippen molar-refractivity contribution in [2.24, 2.45) is 5.84 Å². The van der Waals surface area contributed by atoms with Crippen LogP contribution in [0.4, 0.5) is 11.4 Å². The highest BCUT2D eigenvalue weighted by atomic mass is 32.2. The van der Waals surface area contributed by atoms with Crippen LogP contribution in [0, 0.1) is 10.1 Å². The minimum atomic E-state index is -0.541. The number of nitrogens with two attached hydrogens (primary N) is 1. The molecule has 0 bridgehead atoms. The lowest BCUT2D eigenvalue weighted by Crippen LogP contribution is -2.48. The van der Waals surface area contributed by atoms with Crippen LogP contribution in [-0.4, -0.2) is 39.3 Å². The number of carbonyl (C=O) groups excluding carboxylic acids is 1. The van der Waals surface area contributed by atoms with Crippen LogP contribution < -0.4 is 11.3 Å². The third kappa shape index (κ3) is 3.11. The van der Waals surface area contributed by atoms with Gasteiger partial charge in [0.05, 0.1) is 4.92 Å². The Morgan fingerprint density at radius 3 is 2.86 bits per heavy atom. The van der Waals surface area contributed by atoms with E-state index in [-0.39, 0.29) is 23.2 Å². The Morgan fingerprint density at radius 1 is 1.52 bits per heavy atom. The number of anilines is 1. The number of benzene rings is 1. The summed E-state index contributed by atoms with van der Waals surface area (Å²) in [6.07, 6.45) is 0. The first kappa shape index (κ1) is 15.6. The number of carbonyl (C=O) groups is 1. The van der Waals surface area contributed by atoms with Gasteiger partial charge in [0, 0.05) is 35.3 Å². The Kier molecular flexibility index (Phi) is 4.69. The SMILES string of the molecule is CC1SCCN(C(=O)c2cc(NN)ccc2[N+](=O)[O-])C1C. The summed E-state index contributed by atoms with van der Waals surface area (Å²) in [5.41, 5.74) is 2.76. The molecule has 2 unspecified atom stereocenters. The van der Waals surface area contributed by atoms with Crippen molar-refractivity contribution in [2.45, 2.75) is 25.1 Å². The fraction of sp³-hybridized carbons (Fsp3) is 0.462. The highest BCUT2D eigenvalue weighted by Crippen LogP contribution is 2.29. The van der Waals surface area contributed by atoms with Crippen molar-refractivity contribution >= 4 is 29.0 Å². The smallest absolute Gasteiger partial charge is 0.282 e. The first-order valence-electron chi connectivity index (χ1n) is 6.63. The van der Waals surface area contributed by atoms with E-state index in [9.17, 15) is 14.9 Å². The Bertz CT molecular complexity index is 566. The van der Waals surface area contributed by atoms with E-state index in [1.807, 2.05) is 6.92 Å². The zero-order valence-electron chi connectivity index (χ0n) is 11.9. The van der Waals surface area contributed by atoms with E-state index in [2.05, 4.69) is 12.3 Å². The van der Waals surface area contributed by atoms with E-state index in [1.54, 1.807) is 16.7 Å². The van der Waals surface area contributed by atoms with Crippen molar-refractivity contribution < 1.29 is 9.72 Å². The molecule has 1 aliphatic rings. The molecule has 1 heterocycles. The topological polar surface area (TPSA) is 102 Å². The van der Waals surface area contributed by atoms with Crippen LogP contribution in [-0.2, 0) is 0 Å². The van der Waals surface area contributed by atoms with Crippen molar-refractivity contribution in [1.82, 2.24) is 4.90 Å². The van der Waals surface area contributed by atoms with Gasteiger partial charge >= 0.3 is 0 Å². The van der Waals surface area contributed by atoms with E-state index < -0.39 is 4.92 Å². The molecular weight excluding hydrogens is 292 g/mol. The molecule has 3 N–H and O–H groups in total. The molecule has 0 aliphatic carbocycles. The molecule has 1 saturated heterocycles. The minimum absolute atomic E-state index is 0.0327. The molecule has 0 radical (unpaired) electrons. The number of nitrogen functional groups attached to an aromatic ring is 1. The number of thioether (sulfide) groups is 1. The Labute approximate surface area is 127 Å². The van der Waals surface area contributed by atoms with Gasteiger partial charge in [-0.25, -0.2) is 0 Å². The number of hydrazine groups is 1. The number of amides is 1. The van der Waals surface area contributed by atoms with E-state index in [0.717, 1.165) is 5.75 Å². The van der Waals surface area contributed by atoms with Gasteiger partial charge in [0.1, 0.15) is 5.56 Å². The van der Waals surface area contributed by atoms with Gasteiger partial charge in [-0.05, 0) is 19.1 Å². The second kappa shape index (κ2) is 6.31. The predicted molar refractivity (Wildman–Crippen MR) is 83.3 cm³/mol. The number of nitro benzene ring substituents is 1. The highest BCUT2D eigenvalue weighted by molar-refractivity contribution is 8.00. The molecule has 21 heavy (non-hydrogen) atoms. The van der Waals surface area contributed by atoms with E-state index in [4.69, 9.17) is 5.84 Å². The van der Waals surface area contributed by atoms with Crippen molar-refractivity contribution in [3.05, 3.63) is 33.9 Å². The standard InChI is InChI=1S/C13H18N4O3S/c1-8-9(2)21-6-5-16(8)13(18)11-7-10(15-14)3-4-12(11)17(19)20/h3-4,7-9,15H,5-6,14H2,1-2H3. The van der Waals surface area contributed by atoms with Crippen LogP contribution >= 0.6 is 11.8 Å². The summed E-state index contributed by atoms with van der Waals surface area (Å²) in [6.45, 7) is 4.61. The lowest BCUT2D eigenvalue weighted by molar-refractivity contribution is -0.385. The summed E-state index contributed by atoms with van der Waals surface area (Å²) in [5.74, 6) is 5.84. The van der Waals surface area contributed by atoms with Gasteiger partial charge < -0.3 is 10.3 Å². The first-order valence-corrected chi connectivity index (χ1v) is 7.68. The van der Waals surface area contributed by atoms with Gasteiger partial charge in [-0.15, -0.1) is 0 Å². The fourth-order valence-corrected chi connectivity index (χ4v) is 3.43. The molecule has 7 nitrogen and oxygen atoms in total. The number of nitrogens with one attached hydrogen (secondary N) is 1. The Morgan fingerprint density at radius 2 is 2.24 bits per heavy atom. The normalized spacial score (nSPS) is 22.0. The third-order valence-corrected chi connectivity index (χ3v) is 5.07. The molecule has 8 heteroatoms. The average molecular weight is 310 g/mol. The number of rotatable bonds is 3. The van der Waals surface area contributed by atoms with Crippen LogP contribution in [0.25, 0.3) is 0 Å². The van der Waals surface area contributed by atoms with Crippen LogP contribution in [0.2, 0.25) is 0 Å². The lowest BCUT2D eigenvalue weighted by Gasteiger charge is -2.37.